The van der Waals surface area contributed by atoms with Gasteiger partial charge in [-0.05, 0) is 12.5 Å². The van der Waals surface area contributed by atoms with Crippen molar-refractivity contribution in [2.75, 3.05) is 12.8 Å². The molecule has 2 fully saturated rings. The third-order valence-corrected chi connectivity index (χ3v) is 7.11. The number of fused-ring (bicyclic) bond motifs is 2. The summed E-state index contributed by atoms with van der Waals surface area (Å²) >= 11 is 0. The van der Waals surface area contributed by atoms with Crippen LogP contribution in [0.1, 0.15) is 18.7 Å². The average Bonchev–Trinajstić information content (AvgIpc) is 3.05. The lowest BCUT2D eigenvalue weighted by Gasteiger charge is -2.33. The van der Waals surface area contributed by atoms with E-state index in [4.69, 9.17) is 19.7 Å². The molecule has 176 valence electrons. The number of nitrogens with two attached hydrogens (primary N) is 1. The van der Waals surface area contributed by atoms with Gasteiger partial charge in [0.05, 0.1) is 13.4 Å². The van der Waals surface area contributed by atoms with Crippen molar-refractivity contribution in [1.29, 1.82) is 0 Å². The zero-order valence-electron chi connectivity index (χ0n) is 17.7. The van der Waals surface area contributed by atoms with E-state index in [2.05, 4.69) is 20.0 Å². The van der Waals surface area contributed by atoms with Crippen molar-refractivity contribution in [3.05, 3.63) is 42.2 Å². The van der Waals surface area contributed by atoms with E-state index in [0.717, 1.165) is 5.56 Å². The Bertz CT molecular complexity index is 1250. The first kappa shape index (κ1) is 22.2. The molecule has 1 aliphatic carbocycles. The summed E-state index contributed by atoms with van der Waals surface area (Å²) in [7, 11) is -2.91. The standard InChI is InChI=1S/C19H23N6O7P/c1-18(26)16(25-9-21-11-14(25)23-17(20)24-15(11)30-2)31-12-13(19(12,18)27)32-33(28,29)22-8-10-6-4-3-5-7-10/h3-7,9,12-13,16,26-27H,8H2,1-2H3,(H2,20,23,24)(H2,22,28,29)/t12-,13+,16-,18+,19+/m1/s1. The second-order valence-corrected chi connectivity index (χ2v) is 9.73. The van der Waals surface area contributed by atoms with Crippen LogP contribution in [0.15, 0.2) is 36.7 Å². The number of aliphatic hydroxyl groups is 2. The van der Waals surface area contributed by atoms with E-state index in [1.165, 1.54) is 24.9 Å². The predicted molar refractivity (Wildman–Crippen MR) is 114 cm³/mol. The van der Waals surface area contributed by atoms with Crippen molar-refractivity contribution >= 4 is 24.9 Å². The molecule has 0 bridgehead atoms. The summed E-state index contributed by atoms with van der Waals surface area (Å²) in [5, 5.41) is 24.8. The van der Waals surface area contributed by atoms with Gasteiger partial charge < -0.3 is 30.3 Å². The van der Waals surface area contributed by atoms with E-state index in [0.29, 0.717) is 0 Å². The van der Waals surface area contributed by atoms with Gasteiger partial charge in [-0.1, -0.05) is 30.3 Å². The summed E-state index contributed by atoms with van der Waals surface area (Å²) < 4.78 is 30.2. The van der Waals surface area contributed by atoms with Gasteiger partial charge >= 0.3 is 7.75 Å². The Labute approximate surface area is 187 Å². The number of rotatable bonds is 7. The molecule has 0 radical (unpaired) electrons. The van der Waals surface area contributed by atoms with Crippen LogP contribution in [0.2, 0.25) is 0 Å². The highest BCUT2D eigenvalue weighted by molar-refractivity contribution is 7.50. The molecule has 0 spiro atoms. The Morgan fingerprint density at radius 1 is 1.30 bits per heavy atom. The van der Waals surface area contributed by atoms with Crippen molar-refractivity contribution in [3.8, 4) is 5.88 Å². The van der Waals surface area contributed by atoms with Crippen LogP contribution in [0.3, 0.4) is 0 Å². The van der Waals surface area contributed by atoms with Gasteiger partial charge in [0.25, 0.3) is 0 Å². The topological polar surface area (TPSA) is 187 Å². The third kappa shape index (κ3) is 3.40. The number of hydrogen-bond acceptors (Lipinski definition) is 10. The lowest BCUT2D eigenvalue weighted by molar-refractivity contribution is -0.154. The first-order chi connectivity index (χ1) is 15.6. The number of methoxy groups -OCH3 is 1. The molecule has 6 N–H and O–H groups in total. The predicted octanol–water partition coefficient (Wildman–Crippen LogP) is 0.0856. The maximum absolute atomic E-state index is 12.5. The molecule has 3 heterocycles. The van der Waals surface area contributed by atoms with Gasteiger partial charge in [-0.2, -0.15) is 9.97 Å². The van der Waals surface area contributed by atoms with Crippen LogP contribution in [-0.2, 0) is 20.4 Å². The minimum Gasteiger partial charge on any atom is -0.479 e. The summed E-state index contributed by atoms with van der Waals surface area (Å²) in [5.74, 6) is 0.0687. The maximum atomic E-state index is 12.5. The SMILES string of the molecule is COc1nc(N)nc2c1ncn2[C@@H]1O[C@@H]2[C@H](OP(=O)(O)NCc3ccccc3)[C@]2(O)[C@@]1(C)O. The van der Waals surface area contributed by atoms with Gasteiger partial charge in [0.1, 0.15) is 17.8 Å². The van der Waals surface area contributed by atoms with Gasteiger partial charge in [-0.15, -0.1) is 0 Å². The Morgan fingerprint density at radius 2 is 2.03 bits per heavy atom. The summed E-state index contributed by atoms with van der Waals surface area (Å²) in [5.41, 5.74) is 3.16. The van der Waals surface area contributed by atoms with E-state index in [1.54, 1.807) is 24.3 Å². The van der Waals surface area contributed by atoms with E-state index in [-0.39, 0.29) is 29.5 Å². The number of aromatic nitrogens is 4. The van der Waals surface area contributed by atoms with Gasteiger partial charge in [-0.25, -0.2) is 14.6 Å². The summed E-state index contributed by atoms with van der Waals surface area (Å²) in [6.07, 6.45) is -2.07. The minimum atomic E-state index is -4.31. The van der Waals surface area contributed by atoms with Crippen LogP contribution in [0, 0.1) is 0 Å². The second-order valence-electron chi connectivity index (χ2n) is 8.16. The van der Waals surface area contributed by atoms with Crippen LogP contribution in [0.25, 0.3) is 11.2 Å². The fourth-order valence-electron chi connectivity index (χ4n) is 4.21. The molecule has 1 aliphatic heterocycles. The van der Waals surface area contributed by atoms with Crippen molar-refractivity contribution in [2.45, 2.75) is 43.1 Å². The lowest BCUT2D eigenvalue weighted by Crippen LogP contribution is -2.48. The molecule has 1 saturated heterocycles. The smallest absolute Gasteiger partial charge is 0.403 e. The zero-order chi connectivity index (χ0) is 23.6. The maximum Gasteiger partial charge on any atom is 0.403 e. The molecular formula is C19H23N6O7P. The number of anilines is 1. The molecule has 1 aromatic carbocycles. The van der Waals surface area contributed by atoms with Crippen LogP contribution < -0.4 is 15.6 Å². The van der Waals surface area contributed by atoms with E-state index < -0.39 is 37.4 Å². The number of hydrogen-bond donors (Lipinski definition) is 5. The Morgan fingerprint density at radius 3 is 2.67 bits per heavy atom. The fraction of sp³-hybridized carbons (Fsp3) is 0.421. The summed E-state index contributed by atoms with van der Waals surface area (Å²) in [4.78, 5) is 22.5. The van der Waals surface area contributed by atoms with Gasteiger partial charge in [-0.3, -0.25) is 9.09 Å². The van der Waals surface area contributed by atoms with Gasteiger partial charge in [0, 0.05) is 6.54 Å². The van der Waals surface area contributed by atoms with Crippen molar-refractivity contribution in [2.24, 2.45) is 0 Å². The van der Waals surface area contributed by atoms with Crippen molar-refractivity contribution in [3.63, 3.8) is 0 Å². The number of nitrogens with one attached hydrogen (secondary N) is 1. The second kappa shape index (κ2) is 7.43. The Kier molecular flexibility index (Phi) is 4.99. The lowest BCUT2D eigenvalue weighted by atomic mass is 9.95. The minimum absolute atomic E-state index is 0.0745. The van der Waals surface area contributed by atoms with Crippen molar-refractivity contribution in [1.82, 2.24) is 24.6 Å². The number of nitrogen functional groups attached to an aromatic ring is 1. The van der Waals surface area contributed by atoms with Crippen molar-refractivity contribution < 1.29 is 33.7 Å². The first-order valence-electron chi connectivity index (χ1n) is 10.0. The average molecular weight is 478 g/mol. The quantitative estimate of drug-likeness (QED) is 0.288. The molecule has 1 saturated carbocycles. The summed E-state index contributed by atoms with van der Waals surface area (Å²) in [6.45, 7) is 1.42. The molecule has 3 aromatic rings. The number of ether oxygens (including phenoxy) is 2. The number of benzene rings is 1. The molecule has 2 aromatic heterocycles. The molecule has 13 nitrogen and oxygen atoms in total. The Hall–Kier alpha value is -2.64. The van der Waals surface area contributed by atoms with E-state index >= 15 is 0 Å². The van der Waals surface area contributed by atoms with Crippen LogP contribution >= 0.6 is 7.75 Å². The number of nitrogens with zero attached hydrogens (tertiary/aromatic N) is 4. The molecule has 14 heteroatoms. The fourth-order valence-corrected chi connectivity index (χ4v) is 5.24. The molecule has 0 amide bonds. The molecular weight excluding hydrogens is 455 g/mol. The van der Waals surface area contributed by atoms with Gasteiger partial charge in [0.2, 0.25) is 11.8 Å². The summed E-state index contributed by atoms with van der Waals surface area (Å²) in [6, 6.07) is 8.99. The molecule has 1 unspecified atom stereocenters. The Balaban J connectivity index is 1.35. The first-order valence-corrected chi connectivity index (χ1v) is 11.6. The van der Waals surface area contributed by atoms with E-state index in [9.17, 15) is 19.7 Å². The molecule has 5 rings (SSSR count). The highest BCUT2D eigenvalue weighted by atomic mass is 31.2. The third-order valence-electron chi connectivity index (χ3n) is 6.04. The molecule has 2 aliphatic rings. The zero-order valence-corrected chi connectivity index (χ0v) is 18.6. The highest BCUT2D eigenvalue weighted by Crippen LogP contribution is 2.64. The van der Waals surface area contributed by atoms with Crippen LogP contribution in [0.5, 0.6) is 5.88 Å². The highest BCUT2D eigenvalue weighted by Gasteiger charge is 2.84. The largest absolute Gasteiger partial charge is 0.479 e. The monoisotopic (exact) mass is 478 g/mol. The molecule has 6 atom stereocenters. The van der Waals surface area contributed by atoms with Crippen LogP contribution in [-0.4, -0.2) is 65.1 Å². The normalized spacial score (nSPS) is 32.5. The van der Waals surface area contributed by atoms with Gasteiger partial charge in [0.15, 0.2) is 23.0 Å². The number of imidazole rings is 1. The van der Waals surface area contributed by atoms with Crippen LogP contribution in [0.4, 0.5) is 5.95 Å². The van der Waals surface area contributed by atoms with E-state index in [1.807, 2.05) is 6.07 Å². The molecule has 33 heavy (non-hydrogen) atoms.